The Bertz CT molecular complexity index is 1290. The molecule has 0 aliphatic rings. The predicted molar refractivity (Wildman–Crippen MR) is 123 cm³/mol. The number of carboxylic acid groups (broad SMARTS) is 1. The normalized spacial score (nSPS) is 11.0. The molecule has 0 spiro atoms. The zero-order chi connectivity index (χ0) is 24.9. The summed E-state index contributed by atoms with van der Waals surface area (Å²) in [5.41, 5.74) is 5.63. The van der Waals surface area contributed by atoms with Crippen LogP contribution in [0.2, 0.25) is 10.0 Å². The first-order valence-electron chi connectivity index (χ1n) is 9.19. The minimum absolute atomic E-state index is 0.310. The number of anilines is 1. The number of aromatic amines is 1. The lowest BCUT2D eigenvalue weighted by molar-refractivity contribution is -0.192. The van der Waals surface area contributed by atoms with Gasteiger partial charge in [-0.05, 0) is 42.0 Å². The molecule has 0 radical (unpaired) electrons. The van der Waals surface area contributed by atoms with Crippen molar-refractivity contribution in [2.45, 2.75) is 12.7 Å². The van der Waals surface area contributed by atoms with Crippen LogP contribution in [0.15, 0.2) is 47.3 Å². The molecule has 0 unspecified atom stereocenters. The van der Waals surface area contributed by atoms with Gasteiger partial charge in [0, 0.05) is 27.7 Å². The van der Waals surface area contributed by atoms with Crippen LogP contribution in [-0.2, 0) is 11.3 Å². The second kappa shape index (κ2) is 10.7. The molecule has 178 valence electrons. The molecule has 0 bridgehead atoms. The number of H-pyrrole nitrogens is 1. The highest BCUT2D eigenvalue weighted by atomic mass is 35.5. The van der Waals surface area contributed by atoms with E-state index in [0.717, 1.165) is 22.3 Å². The fourth-order valence-electron chi connectivity index (χ4n) is 2.60. The summed E-state index contributed by atoms with van der Waals surface area (Å²) in [4.78, 5) is 33.0. The van der Waals surface area contributed by atoms with E-state index < -0.39 is 12.1 Å². The van der Waals surface area contributed by atoms with Gasteiger partial charge in [0.25, 0.3) is 0 Å². The molecule has 0 atom stereocenters. The number of imidazole rings is 1. The van der Waals surface area contributed by atoms with Crippen LogP contribution in [0.25, 0.3) is 22.6 Å². The van der Waals surface area contributed by atoms with E-state index in [1.165, 1.54) is 11.3 Å². The molecule has 2 heterocycles. The van der Waals surface area contributed by atoms with E-state index in [0.29, 0.717) is 28.1 Å². The van der Waals surface area contributed by atoms with Crippen LogP contribution < -0.4 is 10.6 Å². The zero-order valence-corrected chi connectivity index (χ0v) is 19.1. The van der Waals surface area contributed by atoms with Crippen LogP contribution in [0.4, 0.5) is 23.7 Å². The summed E-state index contributed by atoms with van der Waals surface area (Å²) in [7, 11) is 0. The van der Waals surface area contributed by atoms with Gasteiger partial charge in [0.1, 0.15) is 5.69 Å². The first kappa shape index (κ1) is 25.3. The number of nitrogens with zero attached hydrogens (tertiary/aromatic N) is 2. The van der Waals surface area contributed by atoms with E-state index in [2.05, 4.69) is 25.6 Å². The zero-order valence-electron chi connectivity index (χ0n) is 16.8. The highest BCUT2D eigenvalue weighted by Crippen LogP contribution is 2.23. The smallest absolute Gasteiger partial charge is 0.475 e. The van der Waals surface area contributed by atoms with Gasteiger partial charge >= 0.3 is 18.2 Å². The number of urea groups is 1. The first-order valence-corrected chi connectivity index (χ1v) is 10.9. The van der Waals surface area contributed by atoms with E-state index in [-0.39, 0.29) is 6.03 Å². The fraction of sp³-hybridized carbons (Fsp3) is 0.100. The third kappa shape index (κ3) is 7.07. The van der Waals surface area contributed by atoms with Crippen LogP contribution in [-0.4, -0.2) is 38.2 Å². The topological polar surface area (TPSA) is 120 Å². The molecule has 14 heteroatoms. The molecular weight excluding hydrogens is 518 g/mol. The number of aromatic nitrogens is 3. The van der Waals surface area contributed by atoms with Gasteiger partial charge in [-0.25, -0.2) is 19.6 Å². The van der Waals surface area contributed by atoms with Gasteiger partial charge < -0.3 is 20.7 Å². The Labute approximate surface area is 203 Å². The van der Waals surface area contributed by atoms with Gasteiger partial charge in [0.2, 0.25) is 0 Å². The van der Waals surface area contributed by atoms with Crippen molar-refractivity contribution in [2.24, 2.45) is 0 Å². The van der Waals surface area contributed by atoms with Crippen molar-refractivity contribution in [1.29, 1.82) is 0 Å². The minimum Gasteiger partial charge on any atom is -0.475 e. The molecule has 4 N–H and O–H groups in total. The van der Waals surface area contributed by atoms with Crippen molar-refractivity contribution in [3.05, 3.63) is 62.9 Å². The van der Waals surface area contributed by atoms with Crippen molar-refractivity contribution < 1.29 is 27.9 Å². The molecule has 4 rings (SSSR count). The van der Waals surface area contributed by atoms with Crippen molar-refractivity contribution in [3.8, 4) is 11.5 Å². The maximum absolute atomic E-state index is 12.2. The Morgan fingerprint density at radius 2 is 1.79 bits per heavy atom. The van der Waals surface area contributed by atoms with E-state index in [9.17, 15) is 18.0 Å². The van der Waals surface area contributed by atoms with E-state index in [1.807, 2.05) is 11.4 Å². The van der Waals surface area contributed by atoms with Gasteiger partial charge in [-0.3, -0.25) is 0 Å². The number of benzene rings is 2. The van der Waals surface area contributed by atoms with Gasteiger partial charge in [-0.15, -0.1) is 11.3 Å². The largest absolute Gasteiger partial charge is 0.490 e. The number of nitrogens with one attached hydrogen (secondary N) is 3. The number of carbonyl (C=O) groups is 2. The average molecular weight is 532 g/mol. The number of amides is 2. The lowest BCUT2D eigenvalue weighted by Crippen LogP contribution is -2.28. The molecule has 0 saturated carbocycles. The SMILES string of the molecule is O=C(NCc1cc(Cl)cc(Cl)c1)Nc1ccc2[nH]c(-c3cscn3)nc2c1.O=C(O)C(F)(F)F. The van der Waals surface area contributed by atoms with Crippen molar-refractivity contribution in [1.82, 2.24) is 20.3 Å². The molecule has 8 nitrogen and oxygen atoms in total. The number of fused-ring (bicyclic) bond motifs is 1. The maximum Gasteiger partial charge on any atom is 0.490 e. The third-order valence-electron chi connectivity index (χ3n) is 4.03. The number of rotatable bonds is 4. The summed E-state index contributed by atoms with van der Waals surface area (Å²) < 4.78 is 31.7. The Morgan fingerprint density at radius 1 is 1.12 bits per heavy atom. The highest BCUT2D eigenvalue weighted by molar-refractivity contribution is 7.07. The third-order valence-corrected chi connectivity index (χ3v) is 5.06. The van der Waals surface area contributed by atoms with Gasteiger partial charge in [0.15, 0.2) is 5.82 Å². The van der Waals surface area contributed by atoms with Crippen LogP contribution in [0.1, 0.15) is 5.56 Å². The standard InChI is InChI=1S/C18H13Cl2N5OS.C2HF3O2/c19-11-3-10(4-12(20)5-11)7-21-18(26)23-13-1-2-14-15(6-13)25-17(24-14)16-8-27-9-22-16;3-2(4,5)1(6)7/h1-6,8-9H,7H2,(H,24,25)(H2,21,23,26);(H,6,7). The monoisotopic (exact) mass is 531 g/mol. The predicted octanol–water partition coefficient (Wildman–Crippen LogP) is 5.95. The van der Waals surface area contributed by atoms with E-state index in [4.69, 9.17) is 33.1 Å². The van der Waals surface area contributed by atoms with Crippen molar-refractivity contribution in [3.63, 3.8) is 0 Å². The van der Waals surface area contributed by atoms with Crippen molar-refractivity contribution >= 4 is 63.3 Å². The van der Waals surface area contributed by atoms with E-state index in [1.54, 1.807) is 35.8 Å². The summed E-state index contributed by atoms with van der Waals surface area (Å²) in [6.45, 7) is 0.310. The van der Waals surface area contributed by atoms with Crippen LogP contribution >= 0.6 is 34.5 Å². The number of carboxylic acids is 1. The summed E-state index contributed by atoms with van der Waals surface area (Å²) in [6.07, 6.45) is -5.08. The number of halogens is 5. The quantitative estimate of drug-likeness (QED) is 0.259. The molecular formula is C20H14Cl2F3N5O3S. The summed E-state index contributed by atoms with van der Waals surface area (Å²) in [5.74, 6) is -2.06. The minimum atomic E-state index is -5.08. The molecule has 4 aromatic rings. The van der Waals surface area contributed by atoms with Crippen molar-refractivity contribution in [2.75, 3.05) is 5.32 Å². The molecule has 2 amide bonds. The summed E-state index contributed by atoms with van der Waals surface area (Å²) in [6, 6.07) is 10.3. The second-order valence-electron chi connectivity index (χ2n) is 6.58. The Balaban J connectivity index is 0.000000406. The molecule has 0 aliphatic carbocycles. The maximum atomic E-state index is 12.2. The van der Waals surface area contributed by atoms with E-state index >= 15 is 0 Å². The molecule has 2 aromatic heterocycles. The van der Waals surface area contributed by atoms with Crippen LogP contribution in [0.5, 0.6) is 0 Å². The number of alkyl halides is 3. The average Bonchev–Trinajstić information content (AvgIpc) is 3.41. The van der Waals surface area contributed by atoms with Gasteiger partial charge in [-0.2, -0.15) is 13.2 Å². The molecule has 34 heavy (non-hydrogen) atoms. The van der Waals surface area contributed by atoms with Crippen LogP contribution in [0, 0.1) is 0 Å². The lowest BCUT2D eigenvalue weighted by atomic mass is 10.2. The summed E-state index contributed by atoms with van der Waals surface area (Å²) >= 11 is 13.4. The molecule has 0 aliphatic heterocycles. The number of thiazole rings is 1. The Morgan fingerprint density at radius 3 is 2.38 bits per heavy atom. The molecule has 0 saturated heterocycles. The number of aliphatic carboxylic acids is 1. The Kier molecular flexibility index (Phi) is 7.97. The highest BCUT2D eigenvalue weighted by Gasteiger charge is 2.38. The summed E-state index contributed by atoms with van der Waals surface area (Å²) in [5, 5.41) is 15.7. The number of hydrogen-bond acceptors (Lipinski definition) is 5. The Hall–Kier alpha value is -3.35. The van der Waals surface area contributed by atoms with Gasteiger partial charge in [0.05, 0.1) is 16.5 Å². The number of carbonyl (C=O) groups excluding carboxylic acids is 1. The van der Waals surface area contributed by atoms with Crippen LogP contribution in [0.3, 0.4) is 0 Å². The second-order valence-corrected chi connectivity index (χ2v) is 8.17. The van der Waals surface area contributed by atoms with Gasteiger partial charge in [-0.1, -0.05) is 23.2 Å². The first-order chi connectivity index (χ1) is 16.0. The molecule has 0 fully saturated rings. The number of hydrogen-bond donors (Lipinski definition) is 4. The fourth-order valence-corrected chi connectivity index (χ4v) is 3.71. The lowest BCUT2D eigenvalue weighted by Gasteiger charge is -2.08. The molecule has 2 aromatic carbocycles.